The molecule has 1 unspecified atom stereocenters. The van der Waals surface area contributed by atoms with Crippen LogP contribution in [0.25, 0.3) is 0 Å². The van der Waals surface area contributed by atoms with Gasteiger partial charge in [-0.1, -0.05) is 36.4 Å². The maximum Gasteiger partial charge on any atom is 0.161 e. The van der Waals surface area contributed by atoms with Gasteiger partial charge < -0.3 is 5.73 Å². The Morgan fingerprint density at radius 3 is 2.15 bits per heavy atom. The Bertz CT molecular complexity index is 603. The van der Waals surface area contributed by atoms with E-state index < -0.39 is 23.0 Å². The second-order valence-corrected chi connectivity index (χ2v) is 4.87. The minimum atomic E-state index is -1.28. The summed E-state index contributed by atoms with van der Waals surface area (Å²) in [5.74, 6) is -1.91. The molecular formula is C16H15F2NO. The van der Waals surface area contributed by atoms with Crippen LogP contribution in [-0.4, -0.2) is 5.78 Å². The second-order valence-electron chi connectivity index (χ2n) is 4.87. The van der Waals surface area contributed by atoms with Crippen LogP contribution in [-0.2, 0) is 16.8 Å². The molecule has 0 radical (unpaired) electrons. The van der Waals surface area contributed by atoms with E-state index in [0.717, 1.165) is 12.1 Å². The Hall–Kier alpha value is -2.07. The van der Waals surface area contributed by atoms with Gasteiger partial charge in [-0.15, -0.1) is 0 Å². The summed E-state index contributed by atoms with van der Waals surface area (Å²) in [5, 5.41) is 0. The summed E-state index contributed by atoms with van der Waals surface area (Å²) < 4.78 is 27.1. The number of hydrogen-bond acceptors (Lipinski definition) is 2. The van der Waals surface area contributed by atoms with Crippen molar-refractivity contribution in [3.05, 3.63) is 71.3 Å². The van der Waals surface area contributed by atoms with Crippen LogP contribution < -0.4 is 5.73 Å². The van der Waals surface area contributed by atoms with Crippen LogP contribution in [0.3, 0.4) is 0 Å². The van der Waals surface area contributed by atoms with Gasteiger partial charge in [-0.05, 0) is 24.6 Å². The number of benzene rings is 2. The molecule has 0 heterocycles. The predicted octanol–water partition coefficient (Wildman–Crippen LogP) is 2.95. The Balaban J connectivity index is 2.28. The summed E-state index contributed by atoms with van der Waals surface area (Å²) in [6, 6.07) is 12.3. The molecule has 0 amide bonds. The van der Waals surface area contributed by atoms with E-state index in [-0.39, 0.29) is 12.0 Å². The highest BCUT2D eigenvalue weighted by Gasteiger charge is 2.31. The Labute approximate surface area is 116 Å². The van der Waals surface area contributed by atoms with Gasteiger partial charge >= 0.3 is 0 Å². The molecule has 0 fully saturated rings. The number of nitrogens with two attached hydrogens (primary N) is 1. The molecule has 104 valence electrons. The number of halogens is 2. The maximum absolute atomic E-state index is 13.6. The van der Waals surface area contributed by atoms with Crippen molar-refractivity contribution in [1.82, 2.24) is 0 Å². The van der Waals surface area contributed by atoms with E-state index in [1.54, 1.807) is 37.3 Å². The van der Waals surface area contributed by atoms with E-state index in [4.69, 9.17) is 5.73 Å². The minimum absolute atomic E-state index is 0.245. The molecule has 0 saturated heterocycles. The summed E-state index contributed by atoms with van der Waals surface area (Å²) in [6.45, 7) is 1.55. The molecule has 0 saturated carbocycles. The lowest BCUT2D eigenvalue weighted by Gasteiger charge is -2.23. The monoisotopic (exact) mass is 275 g/mol. The molecule has 20 heavy (non-hydrogen) atoms. The van der Waals surface area contributed by atoms with Crippen molar-refractivity contribution < 1.29 is 13.6 Å². The van der Waals surface area contributed by atoms with Crippen molar-refractivity contribution in [2.24, 2.45) is 5.73 Å². The first-order chi connectivity index (χ1) is 9.43. The van der Waals surface area contributed by atoms with Crippen LogP contribution in [0, 0.1) is 11.6 Å². The molecule has 2 N–H and O–H groups in total. The van der Waals surface area contributed by atoms with Gasteiger partial charge in [0, 0.05) is 12.0 Å². The summed E-state index contributed by atoms with van der Waals surface area (Å²) in [4.78, 5) is 12.3. The molecule has 0 aliphatic heterocycles. The van der Waals surface area contributed by atoms with Crippen LogP contribution in [0.5, 0.6) is 0 Å². The molecule has 0 aliphatic carbocycles. The number of hydrogen-bond donors (Lipinski definition) is 1. The zero-order valence-electron chi connectivity index (χ0n) is 11.1. The predicted molar refractivity (Wildman–Crippen MR) is 73.1 cm³/mol. The molecule has 2 aromatic rings. The van der Waals surface area contributed by atoms with Gasteiger partial charge in [0.2, 0.25) is 0 Å². The molecular weight excluding hydrogens is 260 g/mol. The zero-order chi connectivity index (χ0) is 14.8. The van der Waals surface area contributed by atoms with Crippen LogP contribution in [0.2, 0.25) is 0 Å². The Morgan fingerprint density at radius 1 is 1.05 bits per heavy atom. The van der Waals surface area contributed by atoms with Crippen LogP contribution in [0.4, 0.5) is 8.78 Å². The van der Waals surface area contributed by atoms with Crippen LogP contribution in [0.15, 0.2) is 48.5 Å². The largest absolute Gasteiger partial charge is 0.315 e. The fraction of sp³-hybridized carbons (Fsp3) is 0.188. The first-order valence-electron chi connectivity index (χ1n) is 6.23. The van der Waals surface area contributed by atoms with Gasteiger partial charge in [-0.2, -0.15) is 0 Å². The molecule has 2 nitrogen and oxygen atoms in total. The highest BCUT2D eigenvalue weighted by Crippen LogP contribution is 2.22. The zero-order valence-corrected chi connectivity index (χ0v) is 11.1. The smallest absolute Gasteiger partial charge is 0.161 e. The lowest BCUT2D eigenvalue weighted by molar-refractivity contribution is -0.123. The van der Waals surface area contributed by atoms with Gasteiger partial charge in [0.1, 0.15) is 11.6 Å². The SMILES string of the molecule is CC(N)(C(=O)Cc1c(F)cccc1F)c1ccccc1. The fourth-order valence-corrected chi connectivity index (χ4v) is 1.99. The summed E-state index contributed by atoms with van der Waals surface area (Å²) in [5.41, 5.74) is 5.12. The molecule has 0 aromatic heterocycles. The van der Waals surface area contributed by atoms with Crippen molar-refractivity contribution in [3.63, 3.8) is 0 Å². The number of rotatable bonds is 4. The lowest BCUT2D eigenvalue weighted by atomic mass is 9.85. The average Bonchev–Trinajstić information content (AvgIpc) is 2.43. The van der Waals surface area contributed by atoms with Gasteiger partial charge in [0.05, 0.1) is 5.54 Å². The third-order valence-corrected chi connectivity index (χ3v) is 3.35. The number of ketones is 1. The molecule has 2 aromatic carbocycles. The molecule has 0 bridgehead atoms. The van der Waals surface area contributed by atoms with Crippen LogP contribution in [0.1, 0.15) is 18.1 Å². The quantitative estimate of drug-likeness (QED) is 0.932. The normalized spacial score (nSPS) is 13.8. The van der Waals surface area contributed by atoms with Gasteiger partial charge in [-0.3, -0.25) is 4.79 Å². The van der Waals surface area contributed by atoms with Crippen molar-refractivity contribution in [3.8, 4) is 0 Å². The topological polar surface area (TPSA) is 43.1 Å². The van der Waals surface area contributed by atoms with E-state index in [2.05, 4.69) is 0 Å². The van der Waals surface area contributed by atoms with E-state index in [1.807, 2.05) is 0 Å². The van der Waals surface area contributed by atoms with Crippen LogP contribution >= 0.6 is 0 Å². The second kappa shape index (κ2) is 5.51. The number of carbonyl (C=O) groups is 1. The van der Waals surface area contributed by atoms with Crippen molar-refractivity contribution >= 4 is 5.78 Å². The highest BCUT2D eigenvalue weighted by molar-refractivity contribution is 5.90. The minimum Gasteiger partial charge on any atom is -0.315 e. The summed E-state index contributed by atoms with van der Waals surface area (Å²) >= 11 is 0. The third-order valence-electron chi connectivity index (χ3n) is 3.35. The molecule has 2 rings (SSSR count). The highest BCUT2D eigenvalue weighted by atomic mass is 19.1. The maximum atomic E-state index is 13.6. The van der Waals surface area contributed by atoms with Gasteiger partial charge in [0.25, 0.3) is 0 Å². The Morgan fingerprint density at radius 2 is 1.60 bits per heavy atom. The molecule has 0 spiro atoms. The first kappa shape index (κ1) is 14.3. The van der Waals surface area contributed by atoms with Crippen molar-refractivity contribution in [2.45, 2.75) is 18.9 Å². The molecule has 4 heteroatoms. The van der Waals surface area contributed by atoms with E-state index >= 15 is 0 Å². The fourth-order valence-electron chi connectivity index (χ4n) is 1.99. The number of Topliss-reactive ketones (excluding diaryl/α,β-unsaturated/α-hetero) is 1. The standard InChI is InChI=1S/C16H15F2NO/c1-16(19,11-6-3-2-4-7-11)15(20)10-12-13(17)8-5-9-14(12)18/h2-9H,10,19H2,1H3. The number of carbonyl (C=O) groups excluding carboxylic acids is 1. The lowest BCUT2D eigenvalue weighted by Crippen LogP contribution is -2.43. The first-order valence-corrected chi connectivity index (χ1v) is 6.23. The van der Waals surface area contributed by atoms with Crippen molar-refractivity contribution in [1.29, 1.82) is 0 Å². The van der Waals surface area contributed by atoms with Gasteiger partial charge in [-0.25, -0.2) is 8.78 Å². The molecule has 1 atom stereocenters. The van der Waals surface area contributed by atoms with E-state index in [0.29, 0.717) is 5.56 Å². The average molecular weight is 275 g/mol. The Kier molecular flexibility index (Phi) is 3.95. The van der Waals surface area contributed by atoms with E-state index in [9.17, 15) is 13.6 Å². The van der Waals surface area contributed by atoms with Crippen molar-refractivity contribution in [2.75, 3.05) is 0 Å². The molecule has 0 aliphatic rings. The summed E-state index contributed by atoms with van der Waals surface area (Å²) in [6.07, 6.45) is -0.375. The third kappa shape index (κ3) is 2.75. The van der Waals surface area contributed by atoms with E-state index in [1.165, 1.54) is 6.07 Å². The van der Waals surface area contributed by atoms with Gasteiger partial charge in [0.15, 0.2) is 5.78 Å². The summed E-state index contributed by atoms with van der Waals surface area (Å²) in [7, 11) is 0.